The van der Waals surface area contributed by atoms with Gasteiger partial charge in [0.25, 0.3) is 0 Å². The summed E-state index contributed by atoms with van der Waals surface area (Å²) in [4.78, 5) is 13.8. The molecule has 0 radical (unpaired) electrons. The van der Waals surface area contributed by atoms with Gasteiger partial charge in [-0.25, -0.2) is 9.45 Å². The smallest absolute Gasteiger partial charge is 0.402 e. The molecular weight excluding hydrogens is 243 g/mol. The normalized spacial score (nSPS) is 14.0. The second-order valence-corrected chi connectivity index (χ2v) is 4.41. The lowest BCUT2D eigenvalue weighted by Crippen LogP contribution is -2.00. The highest BCUT2D eigenvalue weighted by atomic mass is 31.2. The third-order valence-electron chi connectivity index (χ3n) is 1.82. The molecule has 0 bridgehead atoms. The molecule has 0 aliphatic heterocycles. The van der Waals surface area contributed by atoms with Crippen molar-refractivity contribution in [2.45, 2.75) is 13.3 Å². The summed E-state index contributed by atoms with van der Waals surface area (Å²) in [6.07, 6.45) is 2.21. The molecule has 1 unspecified atom stereocenters. The van der Waals surface area contributed by atoms with Crippen LogP contribution in [-0.4, -0.2) is 11.5 Å². The van der Waals surface area contributed by atoms with E-state index >= 15 is 0 Å². The molecule has 0 saturated carbocycles. The van der Waals surface area contributed by atoms with Gasteiger partial charge in [0.15, 0.2) is 0 Å². The van der Waals surface area contributed by atoms with E-state index in [1.54, 1.807) is 37.3 Å². The van der Waals surface area contributed by atoms with Crippen LogP contribution in [0, 0.1) is 0 Å². The SMILES string of the molecule is C=CCc1ccccc1OP(=O)(O)OOCC. The number of para-hydroxylation sites is 1. The van der Waals surface area contributed by atoms with E-state index < -0.39 is 7.82 Å². The van der Waals surface area contributed by atoms with E-state index in [0.29, 0.717) is 6.42 Å². The van der Waals surface area contributed by atoms with E-state index in [0.717, 1.165) is 5.56 Å². The van der Waals surface area contributed by atoms with Crippen molar-refractivity contribution in [3.05, 3.63) is 42.5 Å². The predicted octanol–water partition coefficient (Wildman–Crippen LogP) is 2.86. The molecule has 1 rings (SSSR count). The maximum Gasteiger partial charge on any atom is 0.555 e. The van der Waals surface area contributed by atoms with Crippen LogP contribution in [0.15, 0.2) is 36.9 Å². The summed E-state index contributed by atoms with van der Waals surface area (Å²) in [6.45, 7) is 5.39. The number of allylic oxidation sites excluding steroid dienone is 1. The van der Waals surface area contributed by atoms with Crippen LogP contribution in [0.4, 0.5) is 0 Å². The van der Waals surface area contributed by atoms with Gasteiger partial charge in [-0.3, -0.25) is 4.89 Å². The topological polar surface area (TPSA) is 65.0 Å². The van der Waals surface area contributed by atoms with Crippen molar-refractivity contribution in [3.8, 4) is 5.75 Å². The highest BCUT2D eigenvalue weighted by Gasteiger charge is 2.25. The highest BCUT2D eigenvalue weighted by Crippen LogP contribution is 2.44. The molecule has 0 fully saturated rings. The molecule has 5 nitrogen and oxygen atoms in total. The van der Waals surface area contributed by atoms with E-state index in [1.807, 2.05) is 0 Å². The third-order valence-corrected chi connectivity index (χ3v) is 2.54. The molecule has 0 spiro atoms. The van der Waals surface area contributed by atoms with Crippen molar-refractivity contribution in [1.82, 2.24) is 0 Å². The van der Waals surface area contributed by atoms with Crippen LogP contribution in [0.5, 0.6) is 5.75 Å². The fourth-order valence-corrected chi connectivity index (χ4v) is 1.87. The Morgan fingerprint density at radius 2 is 2.18 bits per heavy atom. The molecule has 6 heteroatoms. The lowest BCUT2D eigenvalue weighted by molar-refractivity contribution is -0.216. The van der Waals surface area contributed by atoms with Gasteiger partial charge in [0.2, 0.25) is 0 Å². The monoisotopic (exact) mass is 258 g/mol. The van der Waals surface area contributed by atoms with Gasteiger partial charge < -0.3 is 4.52 Å². The molecule has 0 heterocycles. The average Bonchev–Trinajstić information content (AvgIpc) is 2.29. The quantitative estimate of drug-likeness (QED) is 0.352. The van der Waals surface area contributed by atoms with Crippen molar-refractivity contribution in [2.75, 3.05) is 6.61 Å². The highest BCUT2D eigenvalue weighted by molar-refractivity contribution is 7.47. The van der Waals surface area contributed by atoms with E-state index in [1.165, 1.54) is 0 Å². The molecule has 1 N–H and O–H groups in total. The summed E-state index contributed by atoms with van der Waals surface area (Å²) in [5, 5.41) is 0. The largest absolute Gasteiger partial charge is 0.555 e. The van der Waals surface area contributed by atoms with Crippen molar-refractivity contribution in [2.24, 2.45) is 0 Å². The van der Waals surface area contributed by atoms with E-state index in [2.05, 4.69) is 16.1 Å². The molecule has 0 aliphatic carbocycles. The number of hydrogen-bond donors (Lipinski definition) is 1. The molecular formula is C11H15O5P. The third kappa shape index (κ3) is 4.71. The fourth-order valence-electron chi connectivity index (χ4n) is 1.18. The average molecular weight is 258 g/mol. The lowest BCUT2D eigenvalue weighted by Gasteiger charge is -2.13. The zero-order valence-corrected chi connectivity index (χ0v) is 10.4. The van der Waals surface area contributed by atoms with Crippen molar-refractivity contribution in [1.29, 1.82) is 0 Å². The minimum absolute atomic E-state index is 0.155. The van der Waals surface area contributed by atoms with E-state index in [-0.39, 0.29) is 12.4 Å². The number of rotatable bonds is 7. The summed E-state index contributed by atoms with van der Waals surface area (Å²) in [6, 6.07) is 6.86. The first-order valence-electron chi connectivity index (χ1n) is 5.11. The lowest BCUT2D eigenvalue weighted by atomic mass is 10.1. The van der Waals surface area contributed by atoms with Gasteiger partial charge in [-0.2, -0.15) is 0 Å². The van der Waals surface area contributed by atoms with Crippen molar-refractivity contribution < 1.29 is 23.5 Å². The molecule has 0 aliphatic rings. The molecule has 1 aromatic carbocycles. The van der Waals surface area contributed by atoms with Crippen LogP contribution in [-0.2, 0) is 20.5 Å². The van der Waals surface area contributed by atoms with Crippen LogP contribution in [0.2, 0.25) is 0 Å². The van der Waals surface area contributed by atoms with Gasteiger partial charge in [0.05, 0.1) is 6.61 Å². The number of phosphoric acid groups is 1. The molecule has 0 amide bonds. The first-order valence-corrected chi connectivity index (χ1v) is 6.61. The molecule has 0 aromatic heterocycles. The Morgan fingerprint density at radius 3 is 2.82 bits per heavy atom. The zero-order valence-electron chi connectivity index (χ0n) is 9.54. The van der Waals surface area contributed by atoms with Gasteiger partial charge in [0.1, 0.15) is 5.75 Å². The summed E-state index contributed by atoms with van der Waals surface area (Å²) >= 11 is 0. The van der Waals surface area contributed by atoms with Gasteiger partial charge in [-0.05, 0) is 25.0 Å². The molecule has 1 atom stereocenters. The van der Waals surface area contributed by atoms with Crippen molar-refractivity contribution in [3.63, 3.8) is 0 Å². The van der Waals surface area contributed by atoms with E-state index in [4.69, 9.17) is 4.52 Å². The first kappa shape index (κ1) is 13.9. The van der Waals surface area contributed by atoms with Crippen LogP contribution in [0.1, 0.15) is 12.5 Å². The summed E-state index contributed by atoms with van der Waals surface area (Å²) in [7, 11) is -4.24. The molecule has 94 valence electrons. The van der Waals surface area contributed by atoms with E-state index in [9.17, 15) is 9.46 Å². The Kier molecular flexibility index (Phi) is 5.38. The fraction of sp³-hybridized carbons (Fsp3) is 0.273. The maximum atomic E-state index is 11.5. The van der Waals surface area contributed by atoms with Gasteiger partial charge in [-0.1, -0.05) is 24.3 Å². The predicted molar refractivity (Wildman–Crippen MR) is 63.5 cm³/mol. The van der Waals surface area contributed by atoms with Gasteiger partial charge >= 0.3 is 7.82 Å². The summed E-state index contributed by atoms with van der Waals surface area (Å²) < 4.78 is 20.6. The number of hydrogen-bond acceptors (Lipinski definition) is 4. The molecule has 0 saturated heterocycles. The zero-order chi connectivity index (χ0) is 12.7. The number of benzene rings is 1. The Morgan fingerprint density at radius 1 is 1.47 bits per heavy atom. The van der Waals surface area contributed by atoms with Crippen LogP contribution in [0.25, 0.3) is 0 Å². The summed E-state index contributed by atoms with van der Waals surface area (Å²) in [5.74, 6) is 0.276. The molecule has 17 heavy (non-hydrogen) atoms. The summed E-state index contributed by atoms with van der Waals surface area (Å²) in [5.41, 5.74) is 0.747. The second-order valence-electron chi connectivity index (χ2n) is 3.14. The Hall–Kier alpha value is -1.13. The second kappa shape index (κ2) is 6.57. The minimum atomic E-state index is -4.24. The van der Waals surface area contributed by atoms with Crippen LogP contribution >= 0.6 is 7.82 Å². The van der Waals surface area contributed by atoms with Crippen LogP contribution in [0.3, 0.4) is 0 Å². The Bertz CT molecular complexity index is 418. The minimum Gasteiger partial charge on any atom is -0.402 e. The molecule has 1 aromatic rings. The maximum absolute atomic E-state index is 11.5. The standard InChI is InChI=1S/C11H15O5P/c1-3-7-10-8-5-6-9-11(10)15-17(12,13)16-14-4-2/h3,5-6,8-9H,1,4,7H2,2H3,(H,12,13). The van der Waals surface area contributed by atoms with Crippen molar-refractivity contribution >= 4 is 7.82 Å². The first-order chi connectivity index (χ1) is 8.09. The Labute approximate surface area is 100 Å². The van der Waals surface area contributed by atoms with Gasteiger partial charge in [0, 0.05) is 0 Å². The van der Waals surface area contributed by atoms with Gasteiger partial charge in [-0.15, -0.1) is 11.3 Å². The Balaban J connectivity index is 2.79. The van der Waals surface area contributed by atoms with Crippen LogP contribution < -0.4 is 4.52 Å². The number of phosphoric ester groups is 1.